The number of carbonyl (C=O) groups is 1. The van der Waals surface area contributed by atoms with Crippen LogP contribution in [0.4, 0.5) is 5.69 Å². The fourth-order valence-corrected chi connectivity index (χ4v) is 3.86. The van der Waals surface area contributed by atoms with Gasteiger partial charge in [-0.3, -0.25) is 14.6 Å². The molecule has 1 aromatic rings. The summed E-state index contributed by atoms with van der Waals surface area (Å²) in [6.07, 6.45) is 2.13. The highest BCUT2D eigenvalue weighted by atomic mass is 16.5. The molecular weight excluding hydrogens is 306 g/mol. The second-order valence-corrected chi connectivity index (χ2v) is 6.72. The number of carboxylic acid groups (broad SMARTS) is 1. The van der Waals surface area contributed by atoms with Crippen LogP contribution < -0.4 is 9.64 Å². The highest BCUT2D eigenvalue weighted by Gasteiger charge is 2.34. The molecule has 3 rings (SSSR count). The second kappa shape index (κ2) is 7.40. The van der Waals surface area contributed by atoms with Crippen LogP contribution in [-0.2, 0) is 4.79 Å². The van der Waals surface area contributed by atoms with Crippen LogP contribution in [0.2, 0.25) is 0 Å². The Morgan fingerprint density at radius 1 is 1.17 bits per heavy atom. The standard InChI is InChI=1S/C18H27N3O3/c1-19-11-12-21(13-16(19)18(22)23)14-7-9-20(10-8-14)15-5-3-4-6-17(15)24-2/h3-6,14,16H,7-13H2,1-2H3,(H,22,23)/t16-/m0/s1. The van der Waals surface area contributed by atoms with Crippen LogP contribution in [0.15, 0.2) is 24.3 Å². The van der Waals surface area contributed by atoms with E-state index in [1.54, 1.807) is 7.11 Å². The van der Waals surface area contributed by atoms with Gasteiger partial charge in [-0.25, -0.2) is 0 Å². The van der Waals surface area contributed by atoms with E-state index in [-0.39, 0.29) is 6.04 Å². The Morgan fingerprint density at radius 2 is 1.88 bits per heavy atom. The lowest BCUT2D eigenvalue weighted by atomic mass is 10.00. The van der Waals surface area contributed by atoms with Crippen molar-refractivity contribution < 1.29 is 14.6 Å². The zero-order chi connectivity index (χ0) is 17.1. The summed E-state index contributed by atoms with van der Waals surface area (Å²) in [5.41, 5.74) is 1.15. The molecule has 6 nitrogen and oxygen atoms in total. The number of likely N-dealkylation sites (N-methyl/N-ethyl adjacent to an activating group) is 1. The van der Waals surface area contributed by atoms with Crippen LogP contribution >= 0.6 is 0 Å². The highest BCUT2D eigenvalue weighted by molar-refractivity contribution is 5.73. The Kier molecular flexibility index (Phi) is 5.26. The number of methoxy groups -OCH3 is 1. The van der Waals surface area contributed by atoms with Crippen LogP contribution in [0.5, 0.6) is 5.75 Å². The monoisotopic (exact) mass is 333 g/mol. The van der Waals surface area contributed by atoms with E-state index in [0.29, 0.717) is 12.6 Å². The van der Waals surface area contributed by atoms with Gasteiger partial charge in [0.2, 0.25) is 0 Å². The summed E-state index contributed by atoms with van der Waals surface area (Å²) in [6, 6.07) is 8.24. The van der Waals surface area contributed by atoms with E-state index in [4.69, 9.17) is 4.74 Å². The number of nitrogens with zero attached hydrogens (tertiary/aromatic N) is 3. The lowest BCUT2D eigenvalue weighted by molar-refractivity contribution is -0.145. The Balaban J connectivity index is 1.60. The average molecular weight is 333 g/mol. The Hall–Kier alpha value is -1.79. The number of para-hydroxylation sites is 2. The Labute approximate surface area is 143 Å². The van der Waals surface area contributed by atoms with E-state index in [9.17, 15) is 9.90 Å². The lowest BCUT2D eigenvalue weighted by Gasteiger charge is -2.44. The fourth-order valence-electron chi connectivity index (χ4n) is 3.86. The van der Waals surface area contributed by atoms with E-state index in [2.05, 4.69) is 15.9 Å². The van der Waals surface area contributed by atoms with Crippen molar-refractivity contribution in [3.05, 3.63) is 24.3 Å². The van der Waals surface area contributed by atoms with E-state index in [1.807, 2.05) is 30.1 Å². The number of piperidine rings is 1. The number of rotatable bonds is 4. The number of ether oxygens (including phenoxy) is 1. The van der Waals surface area contributed by atoms with E-state index in [0.717, 1.165) is 50.5 Å². The summed E-state index contributed by atoms with van der Waals surface area (Å²) in [7, 11) is 3.61. The van der Waals surface area contributed by atoms with Gasteiger partial charge in [0.05, 0.1) is 12.8 Å². The molecule has 0 amide bonds. The largest absolute Gasteiger partial charge is 0.495 e. The van der Waals surface area contributed by atoms with Gasteiger partial charge in [-0.1, -0.05) is 12.1 Å². The first-order valence-corrected chi connectivity index (χ1v) is 8.65. The quantitative estimate of drug-likeness (QED) is 0.898. The number of hydrogen-bond donors (Lipinski definition) is 1. The van der Waals surface area contributed by atoms with Gasteiger partial charge in [-0.2, -0.15) is 0 Å². The predicted octanol–water partition coefficient (Wildman–Crippen LogP) is 1.36. The van der Waals surface area contributed by atoms with E-state index < -0.39 is 5.97 Å². The smallest absolute Gasteiger partial charge is 0.322 e. The van der Waals surface area contributed by atoms with Gasteiger partial charge in [0.15, 0.2) is 0 Å². The molecular formula is C18H27N3O3. The van der Waals surface area contributed by atoms with Gasteiger partial charge < -0.3 is 14.7 Å². The normalized spacial score (nSPS) is 24.1. The molecule has 2 aliphatic rings. The zero-order valence-corrected chi connectivity index (χ0v) is 14.5. The number of anilines is 1. The van der Waals surface area contributed by atoms with Gasteiger partial charge >= 0.3 is 5.97 Å². The molecule has 132 valence electrons. The summed E-state index contributed by atoms with van der Waals surface area (Å²) in [4.78, 5) is 18.1. The van der Waals surface area contributed by atoms with Gasteiger partial charge in [-0.15, -0.1) is 0 Å². The van der Waals surface area contributed by atoms with Crippen molar-refractivity contribution in [3.8, 4) is 5.75 Å². The molecule has 1 N–H and O–H groups in total. The van der Waals surface area contributed by atoms with Crippen LogP contribution in [0.3, 0.4) is 0 Å². The highest BCUT2D eigenvalue weighted by Crippen LogP contribution is 2.31. The van der Waals surface area contributed by atoms with Crippen molar-refractivity contribution in [1.82, 2.24) is 9.80 Å². The first-order chi connectivity index (χ1) is 11.6. The molecule has 24 heavy (non-hydrogen) atoms. The Bertz CT molecular complexity index is 572. The third-order valence-electron chi connectivity index (χ3n) is 5.37. The third-order valence-corrected chi connectivity index (χ3v) is 5.37. The third kappa shape index (κ3) is 3.49. The van der Waals surface area contributed by atoms with Gasteiger partial charge in [-0.05, 0) is 32.0 Å². The topological polar surface area (TPSA) is 56.2 Å². The Morgan fingerprint density at radius 3 is 2.54 bits per heavy atom. The minimum atomic E-state index is -0.714. The maximum Gasteiger partial charge on any atom is 0.322 e. The molecule has 0 radical (unpaired) electrons. The van der Waals surface area contributed by atoms with Crippen LogP contribution in [0.1, 0.15) is 12.8 Å². The van der Waals surface area contributed by atoms with Crippen molar-refractivity contribution in [2.45, 2.75) is 24.9 Å². The van der Waals surface area contributed by atoms with Crippen molar-refractivity contribution in [1.29, 1.82) is 0 Å². The second-order valence-electron chi connectivity index (χ2n) is 6.72. The number of carboxylic acids is 1. The van der Waals surface area contributed by atoms with Gasteiger partial charge in [0.1, 0.15) is 11.8 Å². The molecule has 2 heterocycles. The molecule has 0 aliphatic carbocycles. The SMILES string of the molecule is COc1ccccc1N1CCC(N2CCN(C)[C@H](C(=O)O)C2)CC1. The van der Waals surface area contributed by atoms with E-state index in [1.165, 1.54) is 0 Å². The lowest BCUT2D eigenvalue weighted by Crippen LogP contribution is -2.58. The van der Waals surface area contributed by atoms with Crippen molar-refractivity contribution in [3.63, 3.8) is 0 Å². The average Bonchev–Trinajstić information content (AvgIpc) is 2.62. The number of aliphatic carboxylic acids is 1. The molecule has 0 spiro atoms. The number of hydrogen-bond acceptors (Lipinski definition) is 5. The first kappa shape index (κ1) is 17.0. The van der Waals surface area contributed by atoms with Gasteiger partial charge in [0.25, 0.3) is 0 Å². The molecule has 0 unspecified atom stereocenters. The summed E-state index contributed by atoms with van der Waals surface area (Å²) in [5.74, 6) is 0.204. The molecule has 1 aromatic carbocycles. The molecule has 0 bridgehead atoms. The molecule has 0 aromatic heterocycles. The minimum Gasteiger partial charge on any atom is -0.495 e. The molecule has 2 aliphatic heterocycles. The first-order valence-electron chi connectivity index (χ1n) is 8.65. The van der Waals surface area contributed by atoms with Crippen molar-refractivity contribution in [2.75, 3.05) is 51.8 Å². The number of benzene rings is 1. The minimum absolute atomic E-state index is 0.383. The maximum atomic E-state index is 11.4. The van der Waals surface area contributed by atoms with E-state index >= 15 is 0 Å². The van der Waals surface area contributed by atoms with Crippen LogP contribution in [-0.4, -0.2) is 79.8 Å². The summed E-state index contributed by atoms with van der Waals surface area (Å²) in [5, 5.41) is 9.38. The summed E-state index contributed by atoms with van der Waals surface area (Å²) < 4.78 is 5.47. The maximum absolute atomic E-state index is 11.4. The number of piperazine rings is 1. The predicted molar refractivity (Wildman–Crippen MR) is 93.9 cm³/mol. The zero-order valence-electron chi connectivity index (χ0n) is 14.5. The summed E-state index contributed by atoms with van der Waals surface area (Å²) >= 11 is 0. The van der Waals surface area contributed by atoms with Crippen LogP contribution in [0.25, 0.3) is 0 Å². The van der Waals surface area contributed by atoms with Crippen LogP contribution in [0, 0.1) is 0 Å². The molecule has 0 saturated carbocycles. The molecule has 1 atom stereocenters. The summed E-state index contributed by atoms with van der Waals surface area (Å²) in [6.45, 7) is 4.37. The molecule has 2 saturated heterocycles. The molecule has 2 fully saturated rings. The molecule has 6 heteroatoms. The van der Waals surface area contributed by atoms with Gasteiger partial charge in [0, 0.05) is 38.8 Å². The van der Waals surface area contributed by atoms with Crippen molar-refractivity contribution in [2.24, 2.45) is 0 Å². The fraction of sp³-hybridized carbons (Fsp3) is 0.611. The van der Waals surface area contributed by atoms with Crippen molar-refractivity contribution >= 4 is 11.7 Å².